The van der Waals surface area contributed by atoms with Crippen LogP contribution >= 0.6 is 0 Å². The molecule has 1 aromatic heterocycles. The fourth-order valence-corrected chi connectivity index (χ4v) is 5.50. The molecule has 5 rings (SSSR count). The number of alkyl halides is 9. The SMILES string of the molecule is O=C(Nc1nn[nH]n1)c1ccc(CN(C(=NCC(F)(F)F)Nc2cc(C(F)(F)F)cc(C(F)(F)F)c2)c2ccc(C3CCCCC3)cc2)cc1. The number of carbonyl (C=O) groups excluding carboxylic acids is 1. The standard InChI is InChI=1S/C32H29F9N8O/c33-30(34,35)18-42-29(43-25-15-23(31(36,37)38)14-24(16-25)32(39,40)41)49(26-12-10-21(11-13-26)20-4-2-1-3-5-20)17-19-6-8-22(9-7-19)27(50)44-28-45-47-48-46-28/h6-16,20H,1-5,17-18H2,(H,42,43)(H2,44,45,46,47,48,50). The van der Waals surface area contributed by atoms with Gasteiger partial charge >= 0.3 is 18.5 Å². The van der Waals surface area contributed by atoms with Gasteiger partial charge in [-0.05, 0) is 77.6 Å². The second-order valence-corrected chi connectivity index (χ2v) is 11.6. The van der Waals surface area contributed by atoms with Crippen LogP contribution in [0.2, 0.25) is 0 Å². The Balaban J connectivity index is 1.54. The number of benzene rings is 3. The third-order valence-electron chi connectivity index (χ3n) is 7.92. The number of hydrogen-bond donors (Lipinski definition) is 3. The van der Waals surface area contributed by atoms with Crippen LogP contribution in [0.25, 0.3) is 0 Å². The molecule has 0 bridgehead atoms. The number of halogens is 9. The third kappa shape index (κ3) is 9.72. The first-order chi connectivity index (χ1) is 23.5. The highest BCUT2D eigenvalue weighted by Gasteiger charge is 2.37. The van der Waals surface area contributed by atoms with E-state index in [1.165, 1.54) is 29.2 Å². The van der Waals surface area contributed by atoms with Crippen LogP contribution in [0.15, 0.2) is 71.7 Å². The summed E-state index contributed by atoms with van der Waals surface area (Å²) in [5.41, 5.74) is -2.33. The van der Waals surface area contributed by atoms with Gasteiger partial charge in [-0.15, -0.1) is 5.10 Å². The number of guanidine groups is 1. The van der Waals surface area contributed by atoms with Crippen molar-refractivity contribution in [3.05, 3.63) is 94.5 Å². The van der Waals surface area contributed by atoms with E-state index >= 15 is 0 Å². The number of amides is 1. The fourth-order valence-electron chi connectivity index (χ4n) is 5.50. The molecule has 0 radical (unpaired) electrons. The first kappa shape index (κ1) is 36.1. The Kier molecular flexibility index (Phi) is 10.7. The Hall–Kier alpha value is -5.16. The molecular formula is C32H29F9N8O. The number of aromatic nitrogens is 4. The molecule has 1 amide bonds. The minimum atomic E-state index is -5.20. The van der Waals surface area contributed by atoms with Crippen LogP contribution in [0, 0.1) is 0 Å². The van der Waals surface area contributed by atoms with Gasteiger partial charge in [-0.2, -0.15) is 44.7 Å². The number of H-pyrrole nitrogens is 1. The zero-order chi connectivity index (χ0) is 36.1. The summed E-state index contributed by atoms with van der Waals surface area (Å²) in [5.74, 6) is -1.10. The topological polar surface area (TPSA) is 111 Å². The van der Waals surface area contributed by atoms with Crippen molar-refractivity contribution in [3.63, 3.8) is 0 Å². The summed E-state index contributed by atoms with van der Waals surface area (Å²) >= 11 is 0. The number of tetrazole rings is 1. The average molecular weight is 713 g/mol. The molecule has 3 N–H and O–H groups in total. The molecule has 0 aliphatic heterocycles. The summed E-state index contributed by atoms with van der Waals surface area (Å²) in [6, 6.07) is 13.2. The maximum atomic E-state index is 13.7. The number of anilines is 3. The predicted molar refractivity (Wildman–Crippen MR) is 165 cm³/mol. The second kappa shape index (κ2) is 14.8. The number of hydrogen-bond acceptors (Lipinski definition) is 5. The maximum absolute atomic E-state index is 13.7. The van der Waals surface area contributed by atoms with Gasteiger partial charge in [0.25, 0.3) is 11.9 Å². The van der Waals surface area contributed by atoms with E-state index in [1.807, 2.05) is 0 Å². The Labute approximate surface area is 279 Å². The van der Waals surface area contributed by atoms with Crippen molar-refractivity contribution in [2.45, 2.75) is 63.1 Å². The molecule has 0 unspecified atom stereocenters. The van der Waals surface area contributed by atoms with Crippen molar-refractivity contribution in [2.24, 2.45) is 4.99 Å². The molecule has 1 fully saturated rings. The van der Waals surface area contributed by atoms with Crippen LogP contribution in [0.1, 0.15) is 70.6 Å². The van der Waals surface area contributed by atoms with E-state index < -0.39 is 53.8 Å². The van der Waals surface area contributed by atoms with Gasteiger partial charge in [-0.25, -0.2) is 4.99 Å². The first-order valence-electron chi connectivity index (χ1n) is 15.2. The van der Waals surface area contributed by atoms with Gasteiger partial charge in [0, 0.05) is 16.9 Å². The van der Waals surface area contributed by atoms with Crippen LogP contribution < -0.4 is 15.5 Å². The molecule has 1 saturated carbocycles. The number of nitrogens with one attached hydrogen (secondary N) is 3. The zero-order valence-corrected chi connectivity index (χ0v) is 25.9. The Morgan fingerprint density at radius 3 is 1.98 bits per heavy atom. The number of rotatable bonds is 8. The van der Waals surface area contributed by atoms with E-state index in [1.54, 1.807) is 24.3 Å². The van der Waals surface area contributed by atoms with E-state index in [0.717, 1.165) is 37.7 Å². The molecule has 4 aromatic rings. The summed E-state index contributed by atoms with van der Waals surface area (Å²) < 4.78 is 122. The van der Waals surface area contributed by atoms with E-state index in [0.29, 0.717) is 17.7 Å². The molecule has 0 saturated heterocycles. The third-order valence-corrected chi connectivity index (χ3v) is 7.92. The molecule has 50 heavy (non-hydrogen) atoms. The van der Waals surface area contributed by atoms with Gasteiger partial charge < -0.3 is 10.2 Å². The Bertz CT molecular complexity index is 1730. The smallest absolute Gasteiger partial charge is 0.326 e. The lowest BCUT2D eigenvalue weighted by atomic mass is 9.84. The number of nitrogens with zero attached hydrogens (tertiary/aromatic N) is 5. The summed E-state index contributed by atoms with van der Waals surface area (Å²) in [6.45, 7) is -2.06. The van der Waals surface area contributed by atoms with Gasteiger partial charge in [0.2, 0.25) is 5.96 Å². The molecule has 1 heterocycles. The first-order valence-corrected chi connectivity index (χ1v) is 15.2. The minimum Gasteiger partial charge on any atom is -0.326 e. The largest absolute Gasteiger partial charge is 0.416 e. The van der Waals surface area contributed by atoms with Crippen LogP contribution in [-0.4, -0.2) is 45.2 Å². The van der Waals surface area contributed by atoms with Crippen molar-refractivity contribution in [1.82, 2.24) is 20.6 Å². The highest BCUT2D eigenvalue weighted by Crippen LogP contribution is 2.38. The fraction of sp³-hybridized carbons (Fsp3) is 0.344. The molecule has 3 aromatic carbocycles. The van der Waals surface area contributed by atoms with Gasteiger partial charge in [0.05, 0.1) is 17.7 Å². The predicted octanol–water partition coefficient (Wildman–Crippen LogP) is 8.57. The minimum absolute atomic E-state index is 0.0874. The van der Waals surface area contributed by atoms with E-state index in [9.17, 15) is 44.3 Å². The Morgan fingerprint density at radius 2 is 1.44 bits per heavy atom. The summed E-state index contributed by atoms with van der Waals surface area (Å²) in [7, 11) is 0. The number of aliphatic imine (C=N–C) groups is 1. The highest BCUT2D eigenvalue weighted by molar-refractivity contribution is 6.06. The summed E-state index contributed by atoms with van der Waals surface area (Å²) in [4.78, 5) is 17.4. The lowest BCUT2D eigenvalue weighted by molar-refractivity contribution is -0.143. The van der Waals surface area contributed by atoms with Crippen molar-refractivity contribution < 1.29 is 44.3 Å². The lowest BCUT2D eigenvalue weighted by Gasteiger charge is -2.29. The van der Waals surface area contributed by atoms with Crippen LogP contribution in [0.4, 0.5) is 56.8 Å². The summed E-state index contributed by atoms with van der Waals surface area (Å²) in [5, 5.41) is 17.5. The lowest BCUT2D eigenvalue weighted by Crippen LogP contribution is -2.37. The number of carbonyl (C=O) groups is 1. The molecular weight excluding hydrogens is 683 g/mol. The monoisotopic (exact) mass is 712 g/mol. The second-order valence-electron chi connectivity index (χ2n) is 11.6. The van der Waals surface area contributed by atoms with Crippen molar-refractivity contribution in [2.75, 3.05) is 22.1 Å². The molecule has 0 atom stereocenters. The van der Waals surface area contributed by atoms with Gasteiger partial charge in [-0.3, -0.25) is 10.1 Å². The number of aromatic amines is 1. The van der Waals surface area contributed by atoms with E-state index in [-0.39, 0.29) is 35.7 Å². The van der Waals surface area contributed by atoms with Crippen LogP contribution in [0.5, 0.6) is 0 Å². The van der Waals surface area contributed by atoms with Crippen molar-refractivity contribution in [3.8, 4) is 0 Å². The average Bonchev–Trinajstić information content (AvgIpc) is 3.58. The van der Waals surface area contributed by atoms with E-state index in [2.05, 4.69) is 36.3 Å². The molecule has 1 aliphatic rings. The molecule has 0 spiro atoms. The molecule has 18 heteroatoms. The maximum Gasteiger partial charge on any atom is 0.416 e. The van der Waals surface area contributed by atoms with Crippen LogP contribution in [-0.2, 0) is 18.9 Å². The molecule has 9 nitrogen and oxygen atoms in total. The highest BCUT2D eigenvalue weighted by atomic mass is 19.4. The van der Waals surface area contributed by atoms with Gasteiger partial charge in [-0.1, -0.05) is 48.6 Å². The Morgan fingerprint density at radius 1 is 0.820 bits per heavy atom. The molecule has 1 aliphatic carbocycles. The quantitative estimate of drug-likeness (QED) is 0.0960. The van der Waals surface area contributed by atoms with Gasteiger partial charge in [0.1, 0.15) is 6.54 Å². The summed E-state index contributed by atoms with van der Waals surface area (Å²) in [6.07, 6.45) is -10.2. The normalized spacial score (nSPS) is 14.8. The molecule has 266 valence electrons. The van der Waals surface area contributed by atoms with Crippen molar-refractivity contribution in [1.29, 1.82) is 0 Å². The van der Waals surface area contributed by atoms with E-state index in [4.69, 9.17) is 0 Å². The van der Waals surface area contributed by atoms with Crippen molar-refractivity contribution >= 4 is 29.2 Å². The zero-order valence-electron chi connectivity index (χ0n) is 25.9. The van der Waals surface area contributed by atoms with Crippen LogP contribution in [0.3, 0.4) is 0 Å². The van der Waals surface area contributed by atoms with Gasteiger partial charge in [0.15, 0.2) is 0 Å².